The van der Waals surface area contributed by atoms with E-state index in [1.165, 1.54) is 25.3 Å². The molecule has 0 aliphatic heterocycles. The van der Waals surface area contributed by atoms with Crippen LogP contribution in [0.25, 0.3) is 10.9 Å². The molecule has 25 heavy (non-hydrogen) atoms. The molecular formula is C17H15F2N3O3. The summed E-state index contributed by atoms with van der Waals surface area (Å²) < 4.78 is 34.3. The number of ether oxygens (including phenoxy) is 2. The van der Waals surface area contributed by atoms with Gasteiger partial charge in [0.1, 0.15) is 0 Å². The number of H-pyrrole nitrogens is 1. The molecule has 0 unspecified atom stereocenters. The third-order valence-electron chi connectivity index (χ3n) is 3.57. The number of nitrogens with one attached hydrogen (secondary N) is 2. The number of carbonyl (C=O) groups excluding carboxylic acids is 1. The first-order chi connectivity index (χ1) is 12.0. The number of hydrogen-bond acceptors (Lipinski definition) is 4. The summed E-state index contributed by atoms with van der Waals surface area (Å²) in [6.07, 6.45) is 0. The van der Waals surface area contributed by atoms with E-state index in [9.17, 15) is 13.6 Å². The Balaban J connectivity index is 1.88. The predicted molar refractivity (Wildman–Crippen MR) is 88.4 cm³/mol. The highest BCUT2D eigenvalue weighted by Gasteiger charge is 2.16. The zero-order valence-electron chi connectivity index (χ0n) is 13.5. The van der Waals surface area contributed by atoms with Crippen LogP contribution in [0.5, 0.6) is 11.5 Å². The second kappa shape index (κ2) is 6.76. The highest BCUT2D eigenvalue weighted by molar-refractivity contribution is 6.11. The van der Waals surface area contributed by atoms with E-state index in [0.29, 0.717) is 5.39 Å². The monoisotopic (exact) mass is 347 g/mol. The molecule has 0 aliphatic rings. The van der Waals surface area contributed by atoms with Crippen molar-refractivity contribution in [2.45, 2.75) is 13.5 Å². The van der Waals surface area contributed by atoms with Crippen molar-refractivity contribution >= 4 is 22.5 Å². The number of rotatable bonds is 5. The van der Waals surface area contributed by atoms with Crippen LogP contribution in [-0.2, 0) is 0 Å². The fourth-order valence-corrected chi connectivity index (χ4v) is 2.43. The molecule has 0 radical (unpaired) electrons. The lowest BCUT2D eigenvalue weighted by Crippen LogP contribution is -2.13. The Morgan fingerprint density at radius 2 is 2.00 bits per heavy atom. The van der Waals surface area contributed by atoms with Gasteiger partial charge in [0.05, 0.1) is 12.6 Å². The summed E-state index contributed by atoms with van der Waals surface area (Å²) in [5.41, 5.74) is 2.21. The van der Waals surface area contributed by atoms with Crippen LogP contribution >= 0.6 is 0 Å². The molecule has 130 valence electrons. The van der Waals surface area contributed by atoms with Gasteiger partial charge in [-0.15, -0.1) is 0 Å². The molecule has 0 saturated carbocycles. The van der Waals surface area contributed by atoms with Crippen molar-refractivity contribution in [3.8, 4) is 11.5 Å². The summed E-state index contributed by atoms with van der Waals surface area (Å²) in [4.78, 5) is 12.5. The van der Waals surface area contributed by atoms with Gasteiger partial charge in [-0.3, -0.25) is 9.89 Å². The van der Waals surface area contributed by atoms with Crippen LogP contribution < -0.4 is 14.8 Å². The zero-order chi connectivity index (χ0) is 18.0. The quantitative estimate of drug-likeness (QED) is 0.737. The van der Waals surface area contributed by atoms with Crippen LogP contribution in [0, 0.1) is 6.92 Å². The van der Waals surface area contributed by atoms with Crippen LogP contribution in [0.2, 0.25) is 0 Å². The fourth-order valence-electron chi connectivity index (χ4n) is 2.43. The number of aryl methyl sites for hydroxylation is 1. The first-order valence-electron chi connectivity index (χ1n) is 7.37. The van der Waals surface area contributed by atoms with Crippen molar-refractivity contribution in [2.24, 2.45) is 0 Å². The summed E-state index contributed by atoms with van der Waals surface area (Å²) in [5.74, 6) is -0.498. The van der Waals surface area contributed by atoms with E-state index in [2.05, 4.69) is 20.3 Å². The Hall–Kier alpha value is -3.16. The van der Waals surface area contributed by atoms with Gasteiger partial charge in [-0.2, -0.15) is 13.9 Å². The molecule has 1 aromatic heterocycles. The molecule has 8 heteroatoms. The molecule has 0 atom stereocenters. The maximum absolute atomic E-state index is 12.5. The Bertz CT molecular complexity index is 925. The van der Waals surface area contributed by atoms with Gasteiger partial charge >= 0.3 is 6.61 Å². The number of anilines is 1. The number of carbonyl (C=O) groups is 1. The molecule has 6 nitrogen and oxygen atoms in total. The van der Waals surface area contributed by atoms with E-state index in [1.807, 2.05) is 25.1 Å². The molecule has 1 amide bonds. The molecular weight excluding hydrogens is 332 g/mol. The van der Waals surface area contributed by atoms with Crippen LogP contribution in [0.15, 0.2) is 36.4 Å². The van der Waals surface area contributed by atoms with Gasteiger partial charge in [0.2, 0.25) is 0 Å². The van der Waals surface area contributed by atoms with Crippen LogP contribution in [0.1, 0.15) is 16.1 Å². The molecule has 0 aliphatic carbocycles. The van der Waals surface area contributed by atoms with Crippen molar-refractivity contribution in [1.82, 2.24) is 10.2 Å². The SMILES string of the molecule is COc1ccc(NC(=O)c2n[nH]c3ccc(C)cc23)cc1OC(F)F. The van der Waals surface area contributed by atoms with E-state index in [4.69, 9.17) is 4.74 Å². The summed E-state index contributed by atoms with van der Waals surface area (Å²) in [6.45, 7) is -1.09. The Labute approximate surface area is 141 Å². The molecule has 2 N–H and O–H groups in total. The van der Waals surface area contributed by atoms with Gasteiger partial charge in [-0.1, -0.05) is 11.6 Å². The van der Waals surface area contributed by atoms with Crippen molar-refractivity contribution in [2.75, 3.05) is 12.4 Å². The number of aromatic amines is 1. The molecule has 3 aromatic rings. The van der Waals surface area contributed by atoms with Crippen LogP contribution in [0.4, 0.5) is 14.5 Å². The summed E-state index contributed by atoms with van der Waals surface area (Å²) >= 11 is 0. The van der Waals surface area contributed by atoms with Crippen LogP contribution in [0.3, 0.4) is 0 Å². The third kappa shape index (κ3) is 3.52. The molecule has 1 heterocycles. The lowest BCUT2D eigenvalue weighted by Gasteiger charge is -2.12. The molecule has 0 saturated heterocycles. The zero-order valence-corrected chi connectivity index (χ0v) is 13.5. The standard InChI is InChI=1S/C17H15F2N3O3/c1-9-3-5-12-11(7-9)15(22-21-12)16(23)20-10-4-6-13(24-2)14(8-10)25-17(18)19/h3-8,17H,1-2H3,(H,20,23)(H,21,22). The maximum Gasteiger partial charge on any atom is 0.387 e. The average Bonchev–Trinajstić information content (AvgIpc) is 2.97. The van der Waals surface area contributed by atoms with Gasteiger partial charge in [0.15, 0.2) is 17.2 Å². The predicted octanol–water partition coefficient (Wildman–Crippen LogP) is 3.73. The fraction of sp³-hybridized carbons (Fsp3) is 0.176. The summed E-state index contributed by atoms with van der Waals surface area (Å²) in [5, 5.41) is 10.1. The Morgan fingerprint density at radius 1 is 1.20 bits per heavy atom. The number of halogens is 2. The second-order valence-corrected chi connectivity index (χ2v) is 5.32. The summed E-state index contributed by atoms with van der Waals surface area (Å²) in [6, 6.07) is 9.79. The Kier molecular flexibility index (Phi) is 4.51. The van der Waals surface area contributed by atoms with Crippen molar-refractivity contribution in [3.63, 3.8) is 0 Å². The van der Waals surface area contributed by atoms with Gasteiger partial charge in [-0.25, -0.2) is 0 Å². The lowest BCUT2D eigenvalue weighted by molar-refractivity contribution is -0.0511. The molecule has 3 rings (SSSR count). The topological polar surface area (TPSA) is 76.2 Å². The lowest BCUT2D eigenvalue weighted by atomic mass is 10.1. The number of hydrogen-bond donors (Lipinski definition) is 2. The van der Waals surface area contributed by atoms with Crippen molar-refractivity contribution in [3.05, 3.63) is 47.7 Å². The van der Waals surface area contributed by atoms with Crippen LogP contribution in [-0.4, -0.2) is 29.8 Å². The number of fused-ring (bicyclic) bond motifs is 1. The minimum absolute atomic E-state index is 0.138. The first kappa shape index (κ1) is 16.7. The minimum Gasteiger partial charge on any atom is -0.493 e. The number of amides is 1. The van der Waals surface area contributed by atoms with Gasteiger partial charge in [0, 0.05) is 17.1 Å². The average molecular weight is 347 g/mol. The number of benzene rings is 2. The minimum atomic E-state index is -3.00. The number of methoxy groups -OCH3 is 1. The second-order valence-electron chi connectivity index (χ2n) is 5.32. The Morgan fingerprint density at radius 3 is 2.72 bits per heavy atom. The molecule has 2 aromatic carbocycles. The first-order valence-corrected chi connectivity index (χ1v) is 7.37. The largest absolute Gasteiger partial charge is 0.493 e. The number of aromatic nitrogens is 2. The molecule has 0 bridgehead atoms. The highest BCUT2D eigenvalue weighted by atomic mass is 19.3. The van der Waals surface area contributed by atoms with Gasteiger partial charge in [0.25, 0.3) is 5.91 Å². The van der Waals surface area contributed by atoms with E-state index < -0.39 is 12.5 Å². The van der Waals surface area contributed by atoms with E-state index in [1.54, 1.807) is 0 Å². The van der Waals surface area contributed by atoms with Crippen molar-refractivity contribution in [1.29, 1.82) is 0 Å². The van der Waals surface area contributed by atoms with E-state index >= 15 is 0 Å². The third-order valence-corrected chi connectivity index (χ3v) is 3.57. The maximum atomic E-state index is 12.5. The summed E-state index contributed by atoms with van der Waals surface area (Å²) in [7, 11) is 1.34. The number of nitrogens with zero attached hydrogens (tertiary/aromatic N) is 1. The highest BCUT2D eigenvalue weighted by Crippen LogP contribution is 2.31. The van der Waals surface area contributed by atoms with Crippen molar-refractivity contribution < 1.29 is 23.0 Å². The van der Waals surface area contributed by atoms with E-state index in [-0.39, 0.29) is 22.9 Å². The van der Waals surface area contributed by atoms with Gasteiger partial charge < -0.3 is 14.8 Å². The van der Waals surface area contributed by atoms with Gasteiger partial charge in [-0.05, 0) is 31.2 Å². The smallest absolute Gasteiger partial charge is 0.387 e. The normalized spacial score (nSPS) is 10.9. The molecule has 0 spiro atoms. The molecule has 0 fully saturated rings. The van der Waals surface area contributed by atoms with E-state index in [0.717, 1.165) is 11.1 Å². The number of alkyl halides is 2.